The van der Waals surface area contributed by atoms with E-state index in [2.05, 4.69) is 22.5 Å². The van der Waals surface area contributed by atoms with Gasteiger partial charge in [-0.05, 0) is 56.5 Å². The molecule has 8 nitrogen and oxygen atoms in total. The molecule has 3 rings (SSSR count). The van der Waals surface area contributed by atoms with Gasteiger partial charge in [-0.1, -0.05) is 13.0 Å². The van der Waals surface area contributed by atoms with Crippen molar-refractivity contribution in [3.8, 4) is 5.75 Å². The Morgan fingerprint density at radius 3 is 2.61 bits per heavy atom. The molecule has 1 fully saturated rings. The predicted molar refractivity (Wildman–Crippen MR) is 117 cm³/mol. The molecule has 2 aliphatic rings. The van der Waals surface area contributed by atoms with Crippen LogP contribution in [0.4, 0.5) is 4.79 Å². The van der Waals surface area contributed by atoms with Gasteiger partial charge in [0.2, 0.25) is 0 Å². The van der Waals surface area contributed by atoms with Crippen molar-refractivity contribution in [2.24, 2.45) is 5.92 Å². The number of esters is 1. The maximum absolute atomic E-state index is 13.0. The van der Waals surface area contributed by atoms with E-state index in [1.54, 1.807) is 21.1 Å². The van der Waals surface area contributed by atoms with E-state index in [0.717, 1.165) is 37.1 Å². The second kappa shape index (κ2) is 10.6. The minimum atomic E-state index is -0.618. The maximum Gasteiger partial charge on any atom is 0.338 e. The molecule has 8 heteroatoms. The Kier molecular flexibility index (Phi) is 7.92. The predicted octanol–water partition coefficient (Wildman–Crippen LogP) is 2.74. The van der Waals surface area contributed by atoms with E-state index < -0.39 is 12.0 Å². The molecule has 0 aromatic heterocycles. The number of piperidine rings is 1. The number of likely N-dealkylation sites (tertiary alicyclic amines) is 1. The first-order valence-electron chi connectivity index (χ1n) is 10.8. The maximum atomic E-state index is 13.0. The first kappa shape index (κ1) is 23.1. The monoisotopic (exact) mass is 431 g/mol. The molecule has 1 aromatic rings. The molecule has 31 heavy (non-hydrogen) atoms. The fourth-order valence-electron chi connectivity index (χ4n) is 4.13. The summed E-state index contributed by atoms with van der Waals surface area (Å²) < 4.78 is 16.1. The molecule has 2 N–H and O–H groups in total. The van der Waals surface area contributed by atoms with E-state index in [1.165, 1.54) is 0 Å². The normalized spacial score (nSPS) is 20.3. The quantitative estimate of drug-likeness (QED) is 0.616. The summed E-state index contributed by atoms with van der Waals surface area (Å²) in [7, 11) is 3.21. The van der Waals surface area contributed by atoms with E-state index in [4.69, 9.17) is 14.2 Å². The van der Waals surface area contributed by atoms with Gasteiger partial charge in [-0.25, -0.2) is 9.59 Å². The van der Waals surface area contributed by atoms with Gasteiger partial charge < -0.3 is 24.8 Å². The largest absolute Gasteiger partial charge is 0.496 e. The first-order valence-corrected chi connectivity index (χ1v) is 10.8. The summed E-state index contributed by atoms with van der Waals surface area (Å²) >= 11 is 0. The molecule has 2 amide bonds. The van der Waals surface area contributed by atoms with Crippen molar-refractivity contribution in [2.45, 2.75) is 39.3 Å². The Labute approximate surface area is 183 Å². The summed E-state index contributed by atoms with van der Waals surface area (Å²) in [6.07, 6.45) is 2.22. The zero-order chi connectivity index (χ0) is 22.4. The van der Waals surface area contributed by atoms with Crippen LogP contribution >= 0.6 is 0 Å². The standard InChI is InChI=1S/C23H33N3O5/c1-5-31-22(27)20-18(13-26-10-8-15(2)9-11-26)24-23(28)25-21(20)16-6-7-19(30-4)17(12-16)14-29-3/h6-7,12,15,21H,5,8-11,13-14H2,1-4H3,(H2,24,25,28)/t21-/m1/s1. The first-order chi connectivity index (χ1) is 15.0. The van der Waals surface area contributed by atoms with Crippen LogP contribution in [0.5, 0.6) is 5.75 Å². The smallest absolute Gasteiger partial charge is 0.338 e. The minimum Gasteiger partial charge on any atom is -0.496 e. The molecule has 0 bridgehead atoms. The number of nitrogens with one attached hydrogen (secondary N) is 2. The Hall–Kier alpha value is -2.58. The van der Waals surface area contributed by atoms with E-state index in [-0.39, 0.29) is 12.6 Å². The summed E-state index contributed by atoms with van der Waals surface area (Å²) in [6.45, 7) is 7.03. The van der Waals surface area contributed by atoms with Crippen LogP contribution in [-0.2, 0) is 20.9 Å². The summed E-state index contributed by atoms with van der Waals surface area (Å²) in [5.41, 5.74) is 2.65. The van der Waals surface area contributed by atoms with Crippen molar-refractivity contribution < 1.29 is 23.8 Å². The van der Waals surface area contributed by atoms with Gasteiger partial charge in [0.25, 0.3) is 0 Å². The number of hydrogen-bond acceptors (Lipinski definition) is 6. The van der Waals surface area contributed by atoms with Gasteiger partial charge in [-0.3, -0.25) is 4.90 Å². The number of carbonyl (C=O) groups is 2. The molecule has 170 valence electrons. The number of benzene rings is 1. The molecule has 2 heterocycles. The zero-order valence-electron chi connectivity index (χ0n) is 18.8. The molecule has 0 unspecified atom stereocenters. The fraction of sp³-hybridized carbons (Fsp3) is 0.565. The van der Waals surface area contributed by atoms with Gasteiger partial charge in [0.05, 0.1) is 31.9 Å². The second-order valence-electron chi connectivity index (χ2n) is 8.11. The highest BCUT2D eigenvalue weighted by Gasteiger charge is 2.35. The van der Waals surface area contributed by atoms with Crippen molar-refractivity contribution in [1.29, 1.82) is 0 Å². The van der Waals surface area contributed by atoms with Gasteiger partial charge in [-0.15, -0.1) is 0 Å². The van der Waals surface area contributed by atoms with Crippen LogP contribution in [0.15, 0.2) is 29.5 Å². The van der Waals surface area contributed by atoms with Crippen molar-refractivity contribution in [3.63, 3.8) is 0 Å². The average molecular weight is 432 g/mol. The summed E-state index contributed by atoms with van der Waals surface area (Å²) in [4.78, 5) is 27.8. The lowest BCUT2D eigenvalue weighted by Gasteiger charge is -2.34. The Morgan fingerprint density at radius 1 is 1.23 bits per heavy atom. The topological polar surface area (TPSA) is 89.1 Å². The molecule has 0 spiro atoms. The summed E-state index contributed by atoms with van der Waals surface area (Å²) in [6, 6.07) is 4.63. The number of nitrogens with zero attached hydrogens (tertiary/aromatic N) is 1. The van der Waals surface area contributed by atoms with Crippen molar-refractivity contribution in [3.05, 3.63) is 40.6 Å². The molecule has 0 radical (unpaired) electrons. The van der Waals surface area contributed by atoms with E-state index >= 15 is 0 Å². The number of ether oxygens (including phenoxy) is 3. The lowest BCUT2D eigenvalue weighted by atomic mass is 9.93. The second-order valence-corrected chi connectivity index (χ2v) is 8.11. The highest BCUT2D eigenvalue weighted by Crippen LogP contribution is 2.32. The van der Waals surface area contributed by atoms with Crippen LogP contribution < -0.4 is 15.4 Å². The van der Waals surface area contributed by atoms with E-state index in [0.29, 0.717) is 36.1 Å². The molecular formula is C23H33N3O5. The van der Waals surface area contributed by atoms with E-state index in [1.807, 2.05) is 18.2 Å². The van der Waals surface area contributed by atoms with E-state index in [9.17, 15) is 9.59 Å². The molecule has 0 aliphatic carbocycles. The molecule has 0 saturated carbocycles. The third-order valence-electron chi connectivity index (χ3n) is 5.84. The van der Waals surface area contributed by atoms with Crippen LogP contribution in [-0.4, -0.2) is 57.4 Å². The Balaban J connectivity index is 1.99. The lowest BCUT2D eigenvalue weighted by molar-refractivity contribution is -0.139. The number of rotatable bonds is 8. The van der Waals surface area contributed by atoms with Crippen LogP contribution in [0, 0.1) is 5.92 Å². The summed E-state index contributed by atoms with van der Waals surface area (Å²) in [5, 5.41) is 5.76. The SMILES string of the molecule is CCOC(=O)C1=C(CN2CCC(C)CC2)NC(=O)N[C@@H]1c1ccc(OC)c(COC)c1. The third-order valence-corrected chi connectivity index (χ3v) is 5.84. The highest BCUT2D eigenvalue weighted by atomic mass is 16.5. The highest BCUT2D eigenvalue weighted by molar-refractivity contribution is 5.95. The zero-order valence-corrected chi connectivity index (χ0v) is 18.8. The number of urea groups is 1. The number of amides is 2. The van der Waals surface area contributed by atoms with Gasteiger partial charge in [0, 0.05) is 24.9 Å². The van der Waals surface area contributed by atoms with Gasteiger partial charge >= 0.3 is 12.0 Å². The minimum absolute atomic E-state index is 0.259. The average Bonchev–Trinajstić information content (AvgIpc) is 2.75. The molecule has 2 aliphatic heterocycles. The number of methoxy groups -OCH3 is 2. The van der Waals surface area contributed by atoms with Gasteiger partial charge in [-0.2, -0.15) is 0 Å². The van der Waals surface area contributed by atoms with Gasteiger partial charge in [0.1, 0.15) is 5.75 Å². The van der Waals surface area contributed by atoms with Crippen LogP contribution in [0.3, 0.4) is 0 Å². The van der Waals surface area contributed by atoms with Crippen LogP contribution in [0.2, 0.25) is 0 Å². The summed E-state index contributed by atoms with van der Waals surface area (Å²) in [5.74, 6) is 0.961. The third kappa shape index (κ3) is 5.57. The van der Waals surface area contributed by atoms with Crippen molar-refractivity contribution >= 4 is 12.0 Å². The van der Waals surface area contributed by atoms with Crippen LogP contribution in [0.25, 0.3) is 0 Å². The lowest BCUT2D eigenvalue weighted by Crippen LogP contribution is -2.49. The molecule has 1 saturated heterocycles. The molecule has 1 aromatic carbocycles. The van der Waals surface area contributed by atoms with Crippen molar-refractivity contribution in [1.82, 2.24) is 15.5 Å². The fourth-order valence-corrected chi connectivity index (χ4v) is 4.13. The van der Waals surface area contributed by atoms with Crippen molar-refractivity contribution in [2.75, 3.05) is 40.5 Å². The number of carbonyl (C=O) groups excluding carboxylic acids is 2. The Bertz CT molecular complexity index is 831. The molecular weight excluding hydrogens is 398 g/mol. The van der Waals surface area contributed by atoms with Gasteiger partial charge in [0.15, 0.2) is 0 Å². The van der Waals surface area contributed by atoms with Crippen LogP contribution in [0.1, 0.15) is 43.9 Å². The number of hydrogen-bond donors (Lipinski definition) is 2. The molecule has 1 atom stereocenters. The Morgan fingerprint density at radius 2 is 1.97 bits per heavy atom.